The van der Waals surface area contributed by atoms with Crippen molar-refractivity contribution in [2.45, 2.75) is 18.9 Å². The Bertz CT molecular complexity index is 438. The highest BCUT2D eigenvalue weighted by Gasteiger charge is 2.22. The molecule has 1 aliphatic rings. The van der Waals surface area contributed by atoms with Crippen LogP contribution in [-0.2, 0) is 0 Å². The fourth-order valence-corrected chi connectivity index (χ4v) is 2.39. The summed E-state index contributed by atoms with van der Waals surface area (Å²) >= 11 is 2.97. The van der Waals surface area contributed by atoms with Crippen LogP contribution in [-0.4, -0.2) is 25.0 Å². The molecule has 6 heteroatoms. The van der Waals surface area contributed by atoms with Crippen LogP contribution in [0.5, 0.6) is 0 Å². The van der Waals surface area contributed by atoms with E-state index in [-0.39, 0.29) is 10.5 Å². The van der Waals surface area contributed by atoms with Gasteiger partial charge in [-0.05, 0) is 31.5 Å². The molecule has 1 aromatic rings. The minimum atomic E-state index is -0.858. The van der Waals surface area contributed by atoms with Crippen LogP contribution < -0.4 is 10.6 Å². The lowest BCUT2D eigenvalue weighted by Crippen LogP contribution is -2.46. The topological polar surface area (TPSA) is 41.1 Å². The Labute approximate surface area is 112 Å². The molecule has 1 heterocycles. The zero-order chi connectivity index (χ0) is 13.1. The van der Waals surface area contributed by atoms with Crippen LogP contribution in [0.15, 0.2) is 16.6 Å². The van der Waals surface area contributed by atoms with Gasteiger partial charge in [0.05, 0.1) is 0 Å². The average molecular weight is 319 g/mol. The third kappa shape index (κ3) is 3.05. The first-order valence-electron chi connectivity index (χ1n) is 5.74. The van der Waals surface area contributed by atoms with Crippen LogP contribution in [0.3, 0.4) is 0 Å². The van der Waals surface area contributed by atoms with E-state index >= 15 is 0 Å². The summed E-state index contributed by atoms with van der Waals surface area (Å²) < 4.78 is 27.4. The minimum Gasteiger partial charge on any atom is -0.348 e. The summed E-state index contributed by atoms with van der Waals surface area (Å²) in [6, 6.07) is 2.09. The number of hydrogen-bond acceptors (Lipinski definition) is 2. The molecule has 1 amide bonds. The van der Waals surface area contributed by atoms with Gasteiger partial charge in [-0.25, -0.2) is 8.78 Å². The highest BCUT2D eigenvalue weighted by molar-refractivity contribution is 9.10. The molecule has 18 heavy (non-hydrogen) atoms. The maximum absolute atomic E-state index is 13.6. The molecule has 1 atom stereocenters. The molecule has 0 unspecified atom stereocenters. The minimum absolute atomic E-state index is 0.0753. The van der Waals surface area contributed by atoms with Crippen LogP contribution in [0.25, 0.3) is 0 Å². The van der Waals surface area contributed by atoms with Gasteiger partial charge in [0.2, 0.25) is 0 Å². The van der Waals surface area contributed by atoms with Gasteiger partial charge in [0.25, 0.3) is 5.91 Å². The third-order valence-electron chi connectivity index (χ3n) is 2.87. The number of nitrogens with one attached hydrogen (secondary N) is 2. The molecule has 0 spiro atoms. The van der Waals surface area contributed by atoms with Crippen LogP contribution in [0.2, 0.25) is 0 Å². The second-order valence-electron chi connectivity index (χ2n) is 4.26. The van der Waals surface area contributed by atoms with Crippen molar-refractivity contribution in [2.75, 3.05) is 13.1 Å². The van der Waals surface area contributed by atoms with Gasteiger partial charge >= 0.3 is 0 Å². The summed E-state index contributed by atoms with van der Waals surface area (Å²) in [4.78, 5) is 11.8. The van der Waals surface area contributed by atoms with Crippen molar-refractivity contribution in [3.05, 3.63) is 33.8 Å². The molecule has 0 bridgehead atoms. The maximum atomic E-state index is 13.6. The lowest BCUT2D eigenvalue weighted by Gasteiger charge is -2.23. The SMILES string of the molecule is O=C(N[C@@H]1CCCNC1)c1c(F)cc(Br)cc1F. The zero-order valence-electron chi connectivity index (χ0n) is 9.60. The van der Waals surface area contributed by atoms with Crippen molar-refractivity contribution in [1.29, 1.82) is 0 Å². The molecular formula is C12H13BrF2N2O. The number of amides is 1. The van der Waals surface area contributed by atoms with Crippen LogP contribution >= 0.6 is 15.9 Å². The first kappa shape index (κ1) is 13.4. The molecule has 0 saturated carbocycles. The summed E-state index contributed by atoms with van der Waals surface area (Å²) in [7, 11) is 0. The van der Waals surface area contributed by atoms with Crippen molar-refractivity contribution in [1.82, 2.24) is 10.6 Å². The monoisotopic (exact) mass is 318 g/mol. The summed E-state index contributed by atoms with van der Waals surface area (Å²) in [6.45, 7) is 1.54. The summed E-state index contributed by atoms with van der Waals surface area (Å²) in [5.41, 5.74) is -0.524. The Morgan fingerprint density at radius 2 is 2.06 bits per heavy atom. The Hall–Kier alpha value is -1.01. The fraction of sp³-hybridized carbons (Fsp3) is 0.417. The maximum Gasteiger partial charge on any atom is 0.257 e. The number of carbonyl (C=O) groups is 1. The van der Waals surface area contributed by atoms with Gasteiger partial charge in [0.15, 0.2) is 0 Å². The molecule has 0 radical (unpaired) electrons. The van der Waals surface area contributed by atoms with Gasteiger partial charge in [0.1, 0.15) is 17.2 Å². The van der Waals surface area contributed by atoms with Crippen molar-refractivity contribution in [3.63, 3.8) is 0 Å². The molecule has 2 N–H and O–H groups in total. The summed E-state index contributed by atoms with van der Waals surface area (Å²) in [5.74, 6) is -2.42. The lowest BCUT2D eigenvalue weighted by atomic mass is 10.1. The second-order valence-corrected chi connectivity index (χ2v) is 5.18. The van der Waals surface area contributed by atoms with Crippen LogP contribution in [0.1, 0.15) is 23.2 Å². The van der Waals surface area contributed by atoms with Gasteiger partial charge in [-0.1, -0.05) is 15.9 Å². The van der Waals surface area contributed by atoms with Gasteiger partial charge in [-0.15, -0.1) is 0 Å². The number of benzene rings is 1. The number of piperidine rings is 1. The Kier molecular flexibility index (Phi) is 4.29. The number of hydrogen-bond donors (Lipinski definition) is 2. The van der Waals surface area contributed by atoms with E-state index in [1.165, 1.54) is 0 Å². The standard InChI is InChI=1S/C12H13BrF2N2O/c13-7-4-9(14)11(10(15)5-7)12(18)17-8-2-1-3-16-6-8/h4-5,8,16H,1-3,6H2,(H,17,18)/t8-/m1/s1. The quantitative estimate of drug-likeness (QED) is 0.877. The van der Waals surface area contributed by atoms with E-state index in [0.717, 1.165) is 31.5 Å². The Morgan fingerprint density at radius 3 is 2.61 bits per heavy atom. The molecule has 98 valence electrons. The number of carbonyl (C=O) groups excluding carboxylic acids is 1. The van der Waals surface area contributed by atoms with Crippen molar-refractivity contribution < 1.29 is 13.6 Å². The first-order chi connectivity index (χ1) is 8.58. The zero-order valence-corrected chi connectivity index (χ0v) is 11.2. The van der Waals surface area contributed by atoms with Gasteiger partial charge < -0.3 is 10.6 Å². The molecule has 1 aromatic carbocycles. The van der Waals surface area contributed by atoms with Crippen LogP contribution in [0.4, 0.5) is 8.78 Å². The molecule has 1 saturated heterocycles. The number of halogens is 3. The van der Waals surface area contributed by atoms with E-state index in [1.807, 2.05) is 0 Å². The summed E-state index contributed by atoms with van der Waals surface area (Å²) in [6.07, 6.45) is 1.76. The number of rotatable bonds is 2. The van der Waals surface area contributed by atoms with Crippen LogP contribution in [0, 0.1) is 11.6 Å². The van der Waals surface area contributed by atoms with E-state index in [2.05, 4.69) is 26.6 Å². The molecule has 3 nitrogen and oxygen atoms in total. The molecule has 0 aromatic heterocycles. The van der Waals surface area contributed by atoms with E-state index in [9.17, 15) is 13.6 Å². The molecule has 0 aliphatic carbocycles. The average Bonchev–Trinajstić information content (AvgIpc) is 2.28. The normalized spacial score (nSPS) is 19.6. The van der Waals surface area contributed by atoms with Crippen molar-refractivity contribution in [2.24, 2.45) is 0 Å². The Morgan fingerprint density at radius 1 is 1.39 bits per heavy atom. The van der Waals surface area contributed by atoms with E-state index in [1.54, 1.807) is 0 Å². The van der Waals surface area contributed by atoms with E-state index in [0.29, 0.717) is 6.54 Å². The predicted octanol–water partition coefficient (Wildman–Crippen LogP) is 2.21. The van der Waals surface area contributed by atoms with Crippen molar-refractivity contribution >= 4 is 21.8 Å². The van der Waals surface area contributed by atoms with Crippen molar-refractivity contribution in [3.8, 4) is 0 Å². The van der Waals surface area contributed by atoms with E-state index in [4.69, 9.17) is 0 Å². The second kappa shape index (κ2) is 5.75. The van der Waals surface area contributed by atoms with Gasteiger partial charge in [0, 0.05) is 17.1 Å². The van der Waals surface area contributed by atoms with Gasteiger partial charge in [-0.3, -0.25) is 4.79 Å². The van der Waals surface area contributed by atoms with Gasteiger partial charge in [-0.2, -0.15) is 0 Å². The highest BCUT2D eigenvalue weighted by atomic mass is 79.9. The fourth-order valence-electron chi connectivity index (χ4n) is 1.99. The molecule has 1 fully saturated rings. The smallest absolute Gasteiger partial charge is 0.257 e. The summed E-state index contributed by atoms with van der Waals surface area (Å²) in [5, 5.41) is 5.76. The molecule has 1 aliphatic heterocycles. The highest BCUT2D eigenvalue weighted by Crippen LogP contribution is 2.19. The largest absolute Gasteiger partial charge is 0.348 e. The molecule has 2 rings (SSSR count). The first-order valence-corrected chi connectivity index (χ1v) is 6.53. The van der Waals surface area contributed by atoms with E-state index < -0.39 is 23.1 Å². The lowest BCUT2D eigenvalue weighted by molar-refractivity contribution is 0.0922. The predicted molar refractivity (Wildman–Crippen MR) is 67.4 cm³/mol. The molecular weight excluding hydrogens is 306 g/mol. The third-order valence-corrected chi connectivity index (χ3v) is 3.32. The Balaban J connectivity index is 2.13.